The number of amides is 1. The van der Waals surface area contributed by atoms with E-state index >= 15 is 0 Å². The Bertz CT molecular complexity index is 892. The molecule has 0 aliphatic rings. The van der Waals surface area contributed by atoms with Crippen LogP contribution < -0.4 is 14.8 Å². The second-order valence-electron chi connectivity index (χ2n) is 5.56. The Kier molecular flexibility index (Phi) is 5.48. The number of rotatable bonds is 7. The highest BCUT2D eigenvalue weighted by atomic mass is 16.5. The van der Waals surface area contributed by atoms with Crippen molar-refractivity contribution in [3.8, 4) is 11.5 Å². The van der Waals surface area contributed by atoms with E-state index in [1.165, 1.54) is 0 Å². The second kappa shape index (κ2) is 8.15. The van der Waals surface area contributed by atoms with Crippen LogP contribution in [0.3, 0.4) is 0 Å². The highest BCUT2D eigenvalue weighted by molar-refractivity contribution is 5.92. The minimum absolute atomic E-state index is 0.131. The van der Waals surface area contributed by atoms with Gasteiger partial charge in [-0.05, 0) is 30.7 Å². The van der Waals surface area contributed by atoms with Gasteiger partial charge in [0.15, 0.2) is 23.9 Å². The van der Waals surface area contributed by atoms with E-state index in [1.54, 1.807) is 26.2 Å². The summed E-state index contributed by atoms with van der Waals surface area (Å²) >= 11 is 0. The summed E-state index contributed by atoms with van der Waals surface area (Å²) in [6.45, 7) is 1.63. The Labute approximate surface area is 150 Å². The van der Waals surface area contributed by atoms with Crippen LogP contribution in [0.5, 0.6) is 11.5 Å². The fourth-order valence-electron chi connectivity index (χ4n) is 2.44. The molecular weight excluding hydrogens is 334 g/mol. The van der Waals surface area contributed by atoms with E-state index in [0.29, 0.717) is 35.3 Å². The van der Waals surface area contributed by atoms with Gasteiger partial charge in [-0.15, -0.1) is 0 Å². The Balaban J connectivity index is 1.64. The lowest BCUT2D eigenvalue weighted by Crippen LogP contribution is -2.21. The summed E-state index contributed by atoms with van der Waals surface area (Å²) in [6.07, 6.45) is 0.435. The van der Waals surface area contributed by atoms with Gasteiger partial charge < -0.3 is 19.3 Å². The SMILES string of the molecule is COc1ccccc1OCC(=O)Nc1ccccc1Cc1nc(C)no1. The molecule has 0 fully saturated rings. The maximum atomic E-state index is 12.3. The number of carbonyl (C=O) groups is 1. The quantitative estimate of drug-likeness (QED) is 0.703. The summed E-state index contributed by atoms with van der Waals surface area (Å²) < 4.78 is 15.9. The van der Waals surface area contributed by atoms with Gasteiger partial charge in [0.2, 0.25) is 5.89 Å². The van der Waals surface area contributed by atoms with Crippen molar-refractivity contribution in [1.82, 2.24) is 10.1 Å². The summed E-state index contributed by atoms with van der Waals surface area (Å²) in [5.41, 5.74) is 1.55. The average Bonchev–Trinajstić information content (AvgIpc) is 3.06. The van der Waals surface area contributed by atoms with Crippen LogP contribution in [0.1, 0.15) is 17.3 Å². The lowest BCUT2D eigenvalue weighted by molar-refractivity contribution is -0.118. The zero-order valence-electron chi connectivity index (χ0n) is 14.6. The first-order valence-electron chi connectivity index (χ1n) is 8.08. The third kappa shape index (κ3) is 4.38. The summed E-state index contributed by atoms with van der Waals surface area (Å²) in [6, 6.07) is 14.6. The third-order valence-corrected chi connectivity index (χ3v) is 3.63. The summed E-state index contributed by atoms with van der Waals surface area (Å²) in [4.78, 5) is 16.5. The van der Waals surface area contributed by atoms with E-state index in [2.05, 4.69) is 15.5 Å². The molecule has 1 aromatic heterocycles. The standard InChI is InChI=1S/C19H19N3O4/c1-13-20-19(26-22-13)11-14-7-3-4-8-15(14)21-18(23)12-25-17-10-6-5-9-16(17)24-2/h3-10H,11-12H2,1-2H3,(H,21,23). The van der Waals surface area contributed by atoms with E-state index in [0.717, 1.165) is 5.56 Å². The molecule has 0 radical (unpaired) electrons. The van der Waals surface area contributed by atoms with Crippen LogP contribution in [0.2, 0.25) is 0 Å². The molecule has 0 spiro atoms. The van der Waals surface area contributed by atoms with Gasteiger partial charge in [-0.25, -0.2) is 0 Å². The predicted molar refractivity (Wildman–Crippen MR) is 95.4 cm³/mol. The van der Waals surface area contributed by atoms with Crippen molar-refractivity contribution < 1.29 is 18.8 Å². The number of aryl methyl sites for hydroxylation is 1. The van der Waals surface area contributed by atoms with Gasteiger partial charge in [0.05, 0.1) is 13.5 Å². The maximum Gasteiger partial charge on any atom is 0.262 e. The van der Waals surface area contributed by atoms with Crippen molar-refractivity contribution in [2.24, 2.45) is 0 Å². The molecule has 1 N–H and O–H groups in total. The van der Waals surface area contributed by atoms with Crippen molar-refractivity contribution in [2.45, 2.75) is 13.3 Å². The molecule has 0 atom stereocenters. The molecule has 2 aromatic carbocycles. The minimum Gasteiger partial charge on any atom is -0.493 e. The summed E-state index contributed by atoms with van der Waals surface area (Å²) in [5.74, 6) is 1.89. The molecule has 7 nitrogen and oxygen atoms in total. The highest BCUT2D eigenvalue weighted by Crippen LogP contribution is 2.25. The van der Waals surface area contributed by atoms with Crippen LogP contribution in [0, 0.1) is 6.92 Å². The second-order valence-corrected chi connectivity index (χ2v) is 5.56. The van der Waals surface area contributed by atoms with Gasteiger partial charge in [-0.1, -0.05) is 35.5 Å². The number of aromatic nitrogens is 2. The fraction of sp³-hybridized carbons (Fsp3) is 0.211. The number of benzene rings is 2. The fourth-order valence-corrected chi connectivity index (χ4v) is 2.44. The topological polar surface area (TPSA) is 86.5 Å². The molecule has 0 saturated carbocycles. The van der Waals surface area contributed by atoms with Crippen molar-refractivity contribution in [1.29, 1.82) is 0 Å². The van der Waals surface area contributed by atoms with Gasteiger partial charge in [0, 0.05) is 5.69 Å². The largest absolute Gasteiger partial charge is 0.493 e. The van der Waals surface area contributed by atoms with Crippen LogP contribution in [0.25, 0.3) is 0 Å². The number of hydrogen-bond donors (Lipinski definition) is 1. The molecule has 7 heteroatoms. The first-order chi connectivity index (χ1) is 12.7. The first kappa shape index (κ1) is 17.5. The number of ether oxygens (including phenoxy) is 2. The van der Waals surface area contributed by atoms with Gasteiger partial charge in [-0.3, -0.25) is 4.79 Å². The van der Waals surface area contributed by atoms with Crippen molar-refractivity contribution in [2.75, 3.05) is 19.0 Å². The lowest BCUT2D eigenvalue weighted by Gasteiger charge is -2.12. The summed E-state index contributed by atoms with van der Waals surface area (Å²) in [7, 11) is 1.55. The smallest absolute Gasteiger partial charge is 0.262 e. The van der Waals surface area contributed by atoms with Crippen LogP contribution in [0.4, 0.5) is 5.69 Å². The highest BCUT2D eigenvalue weighted by Gasteiger charge is 2.12. The van der Waals surface area contributed by atoms with Crippen molar-refractivity contribution in [3.05, 3.63) is 65.8 Å². The molecule has 0 bridgehead atoms. The number of methoxy groups -OCH3 is 1. The van der Waals surface area contributed by atoms with Crippen LogP contribution in [-0.2, 0) is 11.2 Å². The number of para-hydroxylation sites is 3. The number of anilines is 1. The molecular formula is C19H19N3O4. The lowest BCUT2D eigenvalue weighted by atomic mass is 10.1. The molecule has 0 saturated heterocycles. The van der Waals surface area contributed by atoms with Crippen molar-refractivity contribution in [3.63, 3.8) is 0 Å². The van der Waals surface area contributed by atoms with E-state index in [9.17, 15) is 4.79 Å². The van der Waals surface area contributed by atoms with Crippen LogP contribution >= 0.6 is 0 Å². The number of nitrogens with zero attached hydrogens (tertiary/aromatic N) is 2. The normalized spacial score (nSPS) is 10.4. The van der Waals surface area contributed by atoms with Gasteiger partial charge in [0.1, 0.15) is 0 Å². The van der Waals surface area contributed by atoms with Crippen molar-refractivity contribution >= 4 is 11.6 Å². The molecule has 3 aromatic rings. The van der Waals surface area contributed by atoms with Gasteiger partial charge >= 0.3 is 0 Å². The minimum atomic E-state index is -0.273. The molecule has 26 heavy (non-hydrogen) atoms. The summed E-state index contributed by atoms with van der Waals surface area (Å²) in [5, 5.41) is 6.63. The Hall–Kier alpha value is -3.35. The Morgan fingerprint density at radius 3 is 2.58 bits per heavy atom. The number of hydrogen-bond acceptors (Lipinski definition) is 6. The number of carbonyl (C=O) groups excluding carboxylic acids is 1. The molecule has 1 amide bonds. The molecule has 0 unspecified atom stereocenters. The zero-order chi connectivity index (χ0) is 18.4. The monoisotopic (exact) mass is 353 g/mol. The predicted octanol–water partition coefficient (Wildman–Crippen LogP) is 2.99. The van der Waals surface area contributed by atoms with E-state index in [-0.39, 0.29) is 12.5 Å². The zero-order valence-corrected chi connectivity index (χ0v) is 14.6. The molecule has 0 aliphatic carbocycles. The molecule has 0 aliphatic heterocycles. The van der Waals surface area contributed by atoms with Gasteiger partial charge in [0.25, 0.3) is 5.91 Å². The van der Waals surface area contributed by atoms with E-state index in [1.807, 2.05) is 36.4 Å². The third-order valence-electron chi connectivity index (χ3n) is 3.63. The van der Waals surface area contributed by atoms with Gasteiger partial charge in [-0.2, -0.15) is 4.98 Å². The molecule has 1 heterocycles. The number of nitrogens with one attached hydrogen (secondary N) is 1. The molecule has 3 rings (SSSR count). The van der Waals surface area contributed by atoms with E-state index in [4.69, 9.17) is 14.0 Å². The Morgan fingerprint density at radius 1 is 1.12 bits per heavy atom. The maximum absolute atomic E-state index is 12.3. The molecule has 134 valence electrons. The average molecular weight is 353 g/mol. The van der Waals surface area contributed by atoms with Crippen LogP contribution in [-0.4, -0.2) is 29.8 Å². The van der Waals surface area contributed by atoms with Crippen LogP contribution in [0.15, 0.2) is 53.1 Å². The Morgan fingerprint density at radius 2 is 1.85 bits per heavy atom. The van der Waals surface area contributed by atoms with E-state index < -0.39 is 0 Å². The first-order valence-corrected chi connectivity index (χ1v) is 8.08.